The molecule has 9 nitrogen and oxygen atoms in total. The maximum atomic E-state index is 11.7. The fraction of sp³-hybridized carbons (Fsp3) is 0.105. The Balaban J connectivity index is 2.16. The highest BCUT2D eigenvalue weighted by Crippen LogP contribution is 2.41. The number of sulfone groups is 1. The van der Waals surface area contributed by atoms with Gasteiger partial charge < -0.3 is 14.9 Å². The van der Waals surface area contributed by atoms with Crippen LogP contribution >= 0.6 is 0 Å². The van der Waals surface area contributed by atoms with Crippen LogP contribution in [-0.4, -0.2) is 38.1 Å². The molecule has 0 fully saturated rings. The molecule has 0 bridgehead atoms. The van der Waals surface area contributed by atoms with Gasteiger partial charge >= 0.3 is 6.09 Å². The molecular weight excluding hydrogens is 398 g/mol. The van der Waals surface area contributed by atoms with Crippen LogP contribution in [0.4, 0.5) is 21.9 Å². The van der Waals surface area contributed by atoms with Crippen LogP contribution in [0.1, 0.15) is 0 Å². The van der Waals surface area contributed by atoms with E-state index in [9.17, 15) is 23.4 Å². The van der Waals surface area contributed by atoms with Crippen LogP contribution in [0.2, 0.25) is 0 Å². The maximum absolute atomic E-state index is 11.7. The molecule has 1 amide bonds. The van der Waals surface area contributed by atoms with Crippen LogP contribution in [0.25, 0.3) is 10.8 Å². The summed E-state index contributed by atoms with van der Waals surface area (Å²) in [6, 6.07) is 11.7. The Kier molecular flexibility index (Phi) is 5.37. The number of rotatable bonds is 4. The van der Waals surface area contributed by atoms with Crippen molar-refractivity contribution in [3.8, 4) is 11.5 Å². The van der Waals surface area contributed by atoms with Gasteiger partial charge in [-0.2, -0.15) is 0 Å². The van der Waals surface area contributed by atoms with Crippen LogP contribution in [0.15, 0.2) is 63.7 Å². The van der Waals surface area contributed by atoms with Gasteiger partial charge in [-0.05, 0) is 35.7 Å². The zero-order valence-electron chi connectivity index (χ0n) is 15.4. The van der Waals surface area contributed by atoms with E-state index in [1.807, 2.05) is 0 Å². The number of nitrogens with one attached hydrogen (secondary N) is 1. The van der Waals surface area contributed by atoms with Crippen molar-refractivity contribution in [2.75, 3.05) is 18.7 Å². The molecule has 0 spiro atoms. The molecule has 0 atom stereocenters. The normalized spacial score (nSPS) is 11.7. The number of phenols is 2. The molecule has 0 heterocycles. The lowest BCUT2D eigenvalue weighted by Gasteiger charge is -2.10. The Morgan fingerprint density at radius 3 is 2.45 bits per heavy atom. The van der Waals surface area contributed by atoms with Gasteiger partial charge in [0.2, 0.25) is 0 Å². The van der Waals surface area contributed by atoms with Crippen LogP contribution in [-0.2, 0) is 14.6 Å². The summed E-state index contributed by atoms with van der Waals surface area (Å²) in [5.41, 5.74) is 0.259. The Morgan fingerprint density at radius 2 is 1.76 bits per heavy atom. The molecule has 0 aliphatic rings. The number of anilines is 1. The smallest absolute Gasteiger partial charge is 0.411 e. The van der Waals surface area contributed by atoms with Crippen LogP contribution < -0.4 is 5.32 Å². The van der Waals surface area contributed by atoms with Crippen molar-refractivity contribution >= 4 is 43.8 Å². The van der Waals surface area contributed by atoms with Gasteiger partial charge in [0.15, 0.2) is 9.84 Å². The van der Waals surface area contributed by atoms with Gasteiger partial charge in [0, 0.05) is 11.6 Å². The van der Waals surface area contributed by atoms with Gasteiger partial charge in [-0.25, -0.2) is 13.2 Å². The Labute approximate surface area is 166 Å². The Bertz CT molecular complexity index is 1240. The number of carbonyl (C=O) groups excluding carboxylic acids is 1. The monoisotopic (exact) mass is 415 g/mol. The first kappa shape index (κ1) is 20.1. The number of nitrogens with zero attached hydrogens (tertiary/aromatic N) is 2. The van der Waals surface area contributed by atoms with E-state index in [0.717, 1.165) is 6.26 Å². The highest BCUT2D eigenvalue weighted by atomic mass is 32.2. The minimum absolute atomic E-state index is 0.0265. The molecule has 3 rings (SSSR count). The van der Waals surface area contributed by atoms with Gasteiger partial charge in [-0.1, -0.05) is 18.2 Å². The van der Waals surface area contributed by atoms with Gasteiger partial charge in [0.05, 0.1) is 17.7 Å². The summed E-state index contributed by atoms with van der Waals surface area (Å²) in [5.74, 6) is -0.507. The van der Waals surface area contributed by atoms with Crippen molar-refractivity contribution in [1.82, 2.24) is 0 Å². The topological polar surface area (TPSA) is 138 Å². The molecule has 0 aliphatic heterocycles. The van der Waals surface area contributed by atoms with Crippen LogP contribution in [0.5, 0.6) is 11.5 Å². The Hall–Kier alpha value is -3.66. The summed E-state index contributed by atoms with van der Waals surface area (Å²) in [7, 11) is -2.30. The number of hydrogen-bond donors (Lipinski definition) is 3. The SMILES string of the molecule is COC(=O)Nc1cccc2ccc(O)c(N=Nc3cc(S(C)(=O)=O)ccc3O)c12. The number of aromatic hydroxyl groups is 2. The first-order valence-corrected chi connectivity index (χ1v) is 10.1. The maximum Gasteiger partial charge on any atom is 0.411 e. The van der Waals surface area contributed by atoms with E-state index in [1.54, 1.807) is 24.3 Å². The van der Waals surface area contributed by atoms with Crippen molar-refractivity contribution in [3.05, 3.63) is 48.5 Å². The zero-order chi connectivity index (χ0) is 21.2. The van der Waals surface area contributed by atoms with E-state index < -0.39 is 15.9 Å². The number of azo groups is 1. The second kappa shape index (κ2) is 7.76. The van der Waals surface area contributed by atoms with Crippen LogP contribution in [0.3, 0.4) is 0 Å². The zero-order valence-corrected chi connectivity index (χ0v) is 16.3. The molecule has 0 saturated heterocycles. The summed E-state index contributed by atoms with van der Waals surface area (Å²) in [6.07, 6.45) is 0.323. The minimum Gasteiger partial charge on any atom is -0.506 e. The predicted molar refractivity (Wildman–Crippen MR) is 107 cm³/mol. The lowest BCUT2D eigenvalue weighted by Crippen LogP contribution is -2.11. The Morgan fingerprint density at radius 1 is 1.03 bits per heavy atom. The van der Waals surface area contributed by atoms with E-state index in [-0.39, 0.29) is 27.8 Å². The van der Waals surface area contributed by atoms with E-state index in [0.29, 0.717) is 16.5 Å². The van der Waals surface area contributed by atoms with Crippen molar-refractivity contribution in [1.29, 1.82) is 0 Å². The predicted octanol–water partition coefficient (Wildman–Crippen LogP) is 4.25. The molecule has 0 radical (unpaired) electrons. The average molecular weight is 415 g/mol. The lowest BCUT2D eigenvalue weighted by atomic mass is 10.1. The number of methoxy groups -OCH3 is 1. The molecule has 3 aromatic carbocycles. The molecule has 10 heteroatoms. The third-order valence-corrected chi connectivity index (χ3v) is 5.16. The third-order valence-electron chi connectivity index (χ3n) is 4.05. The summed E-state index contributed by atoms with van der Waals surface area (Å²) in [5, 5.41) is 31.8. The first-order chi connectivity index (χ1) is 13.7. The fourth-order valence-corrected chi connectivity index (χ4v) is 3.27. The quantitative estimate of drug-likeness (QED) is 0.545. The average Bonchev–Trinajstić information content (AvgIpc) is 2.67. The largest absolute Gasteiger partial charge is 0.506 e. The van der Waals surface area contributed by atoms with E-state index in [2.05, 4.69) is 20.3 Å². The minimum atomic E-state index is -3.51. The molecule has 0 aromatic heterocycles. The summed E-state index contributed by atoms with van der Waals surface area (Å²) in [4.78, 5) is 11.6. The van der Waals surface area contributed by atoms with E-state index in [1.165, 1.54) is 31.4 Å². The molecule has 0 aliphatic carbocycles. The number of phenolic OH excluding ortho intramolecular Hbond substituents is 2. The van der Waals surface area contributed by atoms with Crippen LogP contribution in [0, 0.1) is 0 Å². The number of hydrogen-bond acceptors (Lipinski definition) is 8. The van der Waals surface area contributed by atoms with Gasteiger partial charge in [0.25, 0.3) is 0 Å². The van der Waals surface area contributed by atoms with Gasteiger partial charge in [-0.15, -0.1) is 10.2 Å². The van der Waals surface area contributed by atoms with Crippen molar-refractivity contribution in [2.45, 2.75) is 4.90 Å². The fourth-order valence-electron chi connectivity index (χ4n) is 2.63. The molecule has 0 unspecified atom stereocenters. The first-order valence-electron chi connectivity index (χ1n) is 8.25. The number of fused-ring (bicyclic) bond motifs is 1. The molecular formula is C19H17N3O6S. The van der Waals surface area contributed by atoms with Gasteiger partial charge in [-0.3, -0.25) is 5.32 Å². The number of ether oxygens (including phenoxy) is 1. The second-order valence-electron chi connectivity index (χ2n) is 6.08. The lowest BCUT2D eigenvalue weighted by molar-refractivity contribution is 0.187. The van der Waals surface area contributed by atoms with E-state index in [4.69, 9.17) is 0 Å². The standard InChI is InChI=1S/C19H17N3O6S/c1-28-19(25)20-13-5-3-4-11-6-8-16(24)18(17(11)13)22-21-14-10-12(29(2,26)27)7-9-15(14)23/h3-10,23-24H,1-2H3,(H,20,25). The van der Waals surface area contributed by atoms with Crippen molar-refractivity contribution < 1.29 is 28.2 Å². The summed E-state index contributed by atoms with van der Waals surface area (Å²) >= 11 is 0. The number of amides is 1. The molecule has 3 N–H and O–H groups in total. The number of carbonyl (C=O) groups is 1. The molecule has 29 heavy (non-hydrogen) atoms. The highest BCUT2D eigenvalue weighted by molar-refractivity contribution is 7.90. The molecule has 150 valence electrons. The highest BCUT2D eigenvalue weighted by Gasteiger charge is 2.14. The van der Waals surface area contributed by atoms with Crippen molar-refractivity contribution in [2.24, 2.45) is 10.2 Å². The number of benzene rings is 3. The third kappa shape index (κ3) is 4.27. The second-order valence-corrected chi connectivity index (χ2v) is 8.09. The van der Waals surface area contributed by atoms with E-state index >= 15 is 0 Å². The molecule has 3 aromatic rings. The van der Waals surface area contributed by atoms with Crippen molar-refractivity contribution in [3.63, 3.8) is 0 Å². The molecule has 0 saturated carbocycles. The summed E-state index contributed by atoms with van der Waals surface area (Å²) in [6.45, 7) is 0. The van der Waals surface area contributed by atoms with Gasteiger partial charge in [0.1, 0.15) is 22.9 Å². The summed E-state index contributed by atoms with van der Waals surface area (Å²) < 4.78 is 28.1.